The largest absolute Gasteiger partial charge is 0.508 e. The van der Waals surface area contributed by atoms with Crippen LogP contribution in [-0.4, -0.2) is 5.11 Å². The number of hydrogen-bond acceptors (Lipinski definition) is 2. The van der Waals surface area contributed by atoms with Gasteiger partial charge in [0, 0.05) is 22.3 Å². The molecule has 2 nitrogen and oxygen atoms in total. The summed E-state index contributed by atoms with van der Waals surface area (Å²) < 4.78 is 0.849. The number of phenols is 1. The maximum atomic E-state index is 9.62. The highest BCUT2D eigenvalue weighted by molar-refractivity contribution is 9.10. The molecule has 0 amide bonds. The van der Waals surface area contributed by atoms with Crippen LogP contribution in [0.2, 0.25) is 5.02 Å². The number of benzene rings is 2. The molecule has 88 valence electrons. The fraction of sp³-hybridized carbons (Fsp3) is 0.0769. The molecule has 0 aliphatic carbocycles. The third-order valence-electron chi connectivity index (χ3n) is 2.39. The highest BCUT2D eigenvalue weighted by Gasteiger charge is 2.01. The normalized spacial score (nSPS) is 10.2. The van der Waals surface area contributed by atoms with Crippen LogP contribution in [0.5, 0.6) is 5.75 Å². The van der Waals surface area contributed by atoms with Gasteiger partial charge in [0.25, 0.3) is 0 Å². The molecule has 0 unspecified atom stereocenters. The summed E-state index contributed by atoms with van der Waals surface area (Å²) in [7, 11) is 0. The molecule has 2 N–H and O–H groups in total. The monoisotopic (exact) mass is 311 g/mol. The lowest BCUT2D eigenvalue weighted by Crippen LogP contribution is -1.99. The van der Waals surface area contributed by atoms with E-state index >= 15 is 0 Å². The Labute approximate surface area is 113 Å². The number of rotatable bonds is 3. The molecular formula is C13H11BrClNO. The van der Waals surface area contributed by atoms with E-state index in [1.165, 1.54) is 0 Å². The van der Waals surface area contributed by atoms with E-state index in [9.17, 15) is 5.11 Å². The van der Waals surface area contributed by atoms with Crippen molar-refractivity contribution < 1.29 is 5.11 Å². The van der Waals surface area contributed by atoms with Crippen molar-refractivity contribution in [1.29, 1.82) is 0 Å². The second kappa shape index (κ2) is 5.43. The molecule has 2 aromatic carbocycles. The molecule has 0 aliphatic rings. The van der Waals surface area contributed by atoms with Crippen molar-refractivity contribution in [2.45, 2.75) is 6.54 Å². The first-order valence-electron chi connectivity index (χ1n) is 5.12. The van der Waals surface area contributed by atoms with Crippen molar-refractivity contribution in [2.24, 2.45) is 0 Å². The summed E-state index contributed by atoms with van der Waals surface area (Å²) in [5.74, 6) is 0.299. The number of anilines is 1. The number of hydrogen-bond donors (Lipinski definition) is 2. The lowest BCUT2D eigenvalue weighted by Gasteiger charge is -2.08. The van der Waals surface area contributed by atoms with E-state index in [2.05, 4.69) is 21.2 Å². The summed E-state index contributed by atoms with van der Waals surface area (Å²) >= 11 is 9.27. The third-order valence-corrected chi connectivity index (χ3v) is 3.61. The SMILES string of the molecule is Oc1ccccc1CNc1ccc(Cl)c(Br)c1. The Bertz CT molecular complexity index is 531. The first kappa shape index (κ1) is 12.3. The Kier molecular flexibility index (Phi) is 3.92. The quantitative estimate of drug-likeness (QED) is 0.879. The Morgan fingerprint density at radius 1 is 1.18 bits per heavy atom. The predicted molar refractivity (Wildman–Crippen MR) is 74.6 cm³/mol. The van der Waals surface area contributed by atoms with Gasteiger partial charge in [-0.3, -0.25) is 0 Å². The minimum atomic E-state index is 0.299. The number of halogens is 2. The molecule has 2 aromatic rings. The van der Waals surface area contributed by atoms with Gasteiger partial charge >= 0.3 is 0 Å². The van der Waals surface area contributed by atoms with Crippen LogP contribution in [0.4, 0.5) is 5.69 Å². The maximum absolute atomic E-state index is 9.62. The Balaban J connectivity index is 2.08. The molecule has 0 radical (unpaired) electrons. The average Bonchev–Trinajstić information content (AvgIpc) is 2.32. The van der Waals surface area contributed by atoms with Crippen molar-refractivity contribution in [3.8, 4) is 5.75 Å². The minimum Gasteiger partial charge on any atom is -0.508 e. The van der Waals surface area contributed by atoms with Crippen LogP contribution < -0.4 is 5.32 Å². The second-order valence-corrected chi connectivity index (χ2v) is 4.87. The standard InChI is InChI=1S/C13H11BrClNO/c14-11-7-10(5-6-12(11)15)16-8-9-3-1-2-4-13(9)17/h1-7,16-17H,8H2. The highest BCUT2D eigenvalue weighted by atomic mass is 79.9. The molecule has 0 fully saturated rings. The molecule has 4 heteroatoms. The molecule has 0 saturated carbocycles. The molecule has 0 bridgehead atoms. The number of aromatic hydroxyl groups is 1. The third kappa shape index (κ3) is 3.14. The van der Waals surface area contributed by atoms with E-state index in [1.54, 1.807) is 12.1 Å². The fourth-order valence-corrected chi connectivity index (χ4v) is 1.96. The van der Waals surface area contributed by atoms with Crippen LogP contribution in [0, 0.1) is 0 Å². The van der Waals surface area contributed by atoms with Crippen LogP contribution in [0.1, 0.15) is 5.56 Å². The number of nitrogens with one attached hydrogen (secondary N) is 1. The van der Waals surface area contributed by atoms with Gasteiger partial charge < -0.3 is 10.4 Å². The maximum Gasteiger partial charge on any atom is 0.120 e. The van der Waals surface area contributed by atoms with Gasteiger partial charge in [-0.25, -0.2) is 0 Å². The summed E-state index contributed by atoms with van der Waals surface area (Å²) in [5.41, 5.74) is 1.81. The number of para-hydroxylation sites is 1. The smallest absolute Gasteiger partial charge is 0.120 e. The summed E-state index contributed by atoms with van der Waals surface area (Å²) in [6.07, 6.45) is 0. The molecular weight excluding hydrogens is 302 g/mol. The topological polar surface area (TPSA) is 32.3 Å². The lowest BCUT2D eigenvalue weighted by molar-refractivity contribution is 0.469. The van der Waals surface area contributed by atoms with Crippen LogP contribution in [0.3, 0.4) is 0 Å². The van der Waals surface area contributed by atoms with Crippen molar-refractivity contribution >= 4 is 33.2 Å². The summed E-state index contributed by atoms with van der Waals surface area (Å²) in [6, 6.07) is 12.9. The zero-order valence-electron chi connectivity index (χ0n) is 8.95. The fourth-order valence-electron chi connectivity index (χ4n) is 1.46. The van der Waals surface area contributed by atoms with E-state index in [0.717, 1.165) is 15.7 Å². The first-order valence-corrected chi connectivity index (χ1v) is 6.30. The van der Waals surface area contributed by atoms with Gasteiger partial charge in [0.1, 0.15) is 5.75 Å². The summed E-state index contributed by atoms with van der Waals surface area (Å²) in [5, 5.41) is 13.5. The van der Waals surface area contributed by atoms with Crippen LogP contribution in [-0.2, 0) is 6.54 Å². The van der Waals surface area contributed by atoms with Crippen LogP contribution in [0.25, 0.3) is 0 Å². The number of phenolic OH excluding ortho intramolecular Hbond substituents is 1. The van der Waals surface area contributed by atoms with Crippen molar-refractivity contribution in [3.63, 3.8) is 0 Å². The van der Waals surface area contributed by atoms with Crippen LogP contribution >= 0.6 is 27.5 Å². The Hall–Kier alpha value is -1.19. The van der Waals surface area contributed by atoms with E-state index in [0.29, 0.717) is 17.3 Å². The molecule has 0 heterocycles. The lowest BCUT2D eigenvalue weighted by atomic mass is 10.2. The van der Waals surface area contributed by atoms with Gasteiger partial charge in [0.2, 0.25) is 0 Å². The Morgan fingerprint density at radius 3 is 2.65 bits per heavy atom. The molecule has 0 aliphatic heterocycles. The molecule has 0 atom stereocenters. The molecule has 0 spiro atoms. The zero-order valence-corrected chi connectivity index (χ0v) is 11.3. The van der Waals surface area contributed by atoms with E-state index in [-0.39, 0.29) is 0 Å². The van der Waals surface area contributed by atoms with Crippen molar-refractivity contribution in [2.75, 3.05) is 5.32 Å². The minimum absolute atomic E-state index is 0.299. The van der Waals surface area contributed by atoms with Gasteiger partial charge in [0.15, 0.2) is 0 Å². The second-order valence-electron chi connectivity index (χ2n) is 3.61. The van der Waals surface area contributed by atoms with E-state index < -0.39 is 0 Å². The van der Waals surface area contributed by atoms with Gasteiger partial charge in [-0.15, -0.1) is 0 Å². The molecule has 0 aromatic heterocycles. The van der Waals surface area contributed by atoms with E-state index in [4.69, 9.17) is 11.6 Å². The van der Waals surface area contributed by atoms with Gasteiger partial charge in [-0.05, 0) is 40.2 Å². The molecule has 2 rings (SSSR count). The summed E-state index contributed by atoms with van der Waals surface area (Å²) in [6.45, 7) is 0.570. The summed E-state index contributed by atoms with van der Waals surface area (Å²) in [4.78, 5) is 0. The van der Waals surface area contributed by atoms with Crippen molar-refractivity contribution in [1.82, 2.24) is 0 Å². The highest BCUT2D eigenvalue weighted by Crippen LogP contribution is 2.26. The van der Waals surface area contributed by atoms with E-state index in [1.807, 2.05) is 30.3 Å². The Morgan fingerprint density at radius 2 is 1.94 bits per heavy atom. The molecule has 17 heavy (non-hydrogen) atoms. The predicted octanol–water partition coefficient (Wildman–Crippen LogP) is 4.42. The van der Waals surface area contributed by atoms with Crippen LogP contribution in [0.15, 0.2) is 46.9 Å². The average molecular weight is 313 g/mol. The van der Waals surface area contributed by atoms with Gasteiger partial charge in [-0.1, -0.05) is 29.8 Å². The molecule has 0 saturated heterocycles. The first-order chi connectivity index (χ1) is 8.16. The van der Waals surface area contributed by atoms with Crippen molar-refractivity contribution in [3.05, 3.63) is 57.5 Å². The van der Waals surface area contributed by atoms with Gasteiger partial charge in [-0.2, -0.15) is 0 Å². The van der Waals surface area contributed by atoms with Gasteiger partial charge in [0.05, 0.1) is 5.02 Å². The zero-order chi connectivity index (χ0) is 12.3.